The van der Waals surface area contributed by atoms with Gasteiger partial charge in [0.2, 0.25) is 6.79 Å². The van der Waals surface area contributed by atoms with Crippen molar-refractivity contribution in [3.8, 4) is 11.5 Å². The molecule has 4 nitrogen and oxygen atoms in total. The molecule has 2 aromatic carbocycles. The summed E-state index contributed by atoms with van der Waals surface area (Å²) in [5.74, 6) is 1.31. The minimum Gasteiger partial charge on any atom is -0.508 e. The van der Waals surface area contributed by atoms with Crippen LogP contribution in [0.3, 0.4) is 0 Å². The van der Waals surface area contributed by atoms with E-state index in [9.17, 15) is 9.90 Å². The van der Waals surface area contributed by atoms with Gasteiger partial charge in [0.15, 0.2) is 0 Å². The number of benzene rings is 2. The number of carbonyl (C=O) groups excluding carboxylic acids is 1. The minimum absolute atomic E-state index is 0.0859. The molecule has 2 aromatic rings. The lowest BCUT2D eigenvalue weighted by Crippen LogP contribution is -2.03. The van der Waals surface area contributed by atoms with Crippen LogP contribution in [0.5, 0.6) is 11.5 Å². The predicted molar refractivity (Wildman–Crippen MR) is 93.6 cm³/mol. The van der Waals surface area contributed by atoms with E-state index in [0.29, 0.717) is 18.0 Å². The fraction of sp³-hybridized carbons (Fsp3) is 0.350. The second kappa shape index (κ2) is 7.86. The fourth-order valence-electron chi connectivity index (χ4n) is 2.83. The van der Waals surface area contributed by atoms with Gasteiger partial charge in [-0.1, -0.05) is 26.0 Å². The molecule has 0 saturated heterocycles. The van der Waals surface area contributed by atoms with Crippen LogP contribution in [0.15, 0.2) is 30.3 Å². The average Bonchev–Trinajstić information content (AvgIpc) is 2.52. The topological polar surface area (TPSA) is 55.8 Å². The number of hydrogen-bond donors (Lipinski definition) is 1. The molecular weight excluding hydrogens is 304 g/mol. The molecule has 0 heterocycles. The summed E-state index contributed by atoms with van der Waals surface area (Å²) in [6.45, 7) is 8.51. The monoisotopic (exact) mass is 328 g/mol. The van der Waals surface area contributed by atoms with E-state index in [1.165, 1.54) is 11.1 Å². The maximum absolute atomic E-state index is 10.2. The highest BCUT2D eigenvalue weighted by atomic mass is 16.7. The smallest absolute Gasteiger partial charge is 0.295 e. The molecule has 0 aromatic heterocycles. The molecule has 0 aliphatic carbocycles. The molecule has 0 aliphatic heterocycles. The Labute approximate surface area is 143 Å². The summed E-state index contributed by atoms with van der Waals surface area (Å²) in [6.07, 6.45) is 0.794. The molecule has 0 unspecified atom stereocenters. The number of carbonyl (C=O) groups is 1. The van der Waals surface area contributed by atoms with E-state index in [1.807, 2.05) is 32.0 Å². The Bertz CT molecular complexity index is 697. The third-order valence-corrected chi connectivity index (χ3v) is 4.13. The number of phenols is 1. The highest BCUT2D eigenvalue weighted by molar-refractivity contribution is 5.46. The molecule has 0 aliphatic rings. The van der Waals surface area contributed by atoms with Crippen LogP contribution in [0, 0.1) is 13.8 Å². The lowest BCUT2D eigenvalue weighted by molar-refractivity contribution is -0.134. The Balaban J connectivity index is 2.24. The second-order valence-electron chi connectivity index (χ2n) is 6.29. The first-order valence-corrected chi connectivity index (χ1v) is 8.02. The second-order valence-corrected chi connectivity index (χ2v) is 6.29. The zero-order valence-corrected chi connectivity index (χ0v) is 14.6. The van der Waals surface area contributed by atoms with Crippen LogP contribution in [0.25, 0.3) is 0 Å². The van der Waals surface area contributed by atoms with Crippen molar-refractivity contribution in [3.63, 3.8) is 0 Å². The van der Waals surface area contributed by atoms with Crippen LogP contribution in [0.4, 0.5) is 0 Å². The van der Waals surface area contributed by atoms with Gasteiger partial charge in [-0.2, -0.15) is 0 Å². The molecule has 4 heteroatoms. The van der Waals surface area contributed by atoms with Crippen LogP contribution < -0.4 is 4.74 Å². The summed E-state index contributed by atoms with van der Waals surface area (Å²) < 4.78 is 9.96. The molecule has 0 spiro atoms. The van der Waals surface area contributed by atoms with Crippen LogP contribution >= 0.6 is 0 Å². The van der Waals surface area contributed by atoms with Gasteiger partial charge in [-0.25, -0.2) is 0 Å². The number of rotatable bonds is 7. The van der Waals surface area contributed by atoms with E-state index < -0.39 is 0 Å². The SMILES string of the molecule is Cc1cc(OCOC=O)cc(C)c1Cc1ccc(O)c(C(C)C)c1. The average molecular weight is 328 g/mol. The molecule has 1 N–H and O–H groups in total. The fourth-order valence-corrected chi connectivity index (χ4v) is 2.83. The molecule has 2 rings (SSSR count). The molecular formula is C20H24O4. The van der Waals surface area contributed by atoms with Gasteiger partial charge in [-0.15, -0.1) is 0 Å². The Hall–Kier alpha value is -2.49. The Morgan fingerprint density at radius 2 is 1.79 bits per heavy atom. The van der Waals surface area contributed by atoms with Crippen LogP contribution in [-0.2, 0) is 16.0 Å². The van der Waals surface area contributed by atoms with Crippen molar-refractivity contribution in [1.29, 1.82) is 0 Å². The Morgan fingerprint density at radius 1 is 1.12 bits per heavy atom. The molecule has 24 heavy (non-hydrogen) atoms. The quantitative estimate of drug-likeness (QED) is 0.469. The minimum atomic E-state index is -0.0859. The van der Waals surface area contributed by atoms with Gasteiger partial charge in [0.25, 0.3) is 6.47 Å². The standard InChI is InChI=1S/C20H24O4/c1-13(2)18-9-16(5-6-20(18)22)10-19-14(3)7-17(8-15(19)4)24-12-23-11-21/h5-9,11,13,22H,10,12H2,1-4H3. The highest BCUT2D eigenvalue weighted by Crippen LogP contribution is 2.29. The van der Waals surface area contributed by atoms with E-state index in [4.69, 9.17) is 4.74 Å². The maximum Gasteiger partial charge on any atom is 0.295 e. The summed E-state index contributed by atoms with van der Waals surface area (Å²) in [5, 5.41) is 9.97. The summed E-state index contributed by atoms with van der Waals surface area (Å²) >= 11 is 0. The summed E-state index contributed by atoms with van der Waals surface area (Å²) in [7, 11) is 0. The molecule has 0 radical (unpaired) electrons. The van der Waals surface area contributed by atoms with Gasteiger partial charge in [0, 0.05) is 0 Å². The van der Waals surface area contributed by atoms with E-state index in [-0.39, 0.29) is 12.7 Å². The molecule has 128 valence electrons. The van der Waals surface area contributed by atoms with Crippen molar-refractivity contribution in [1.82, 2.24) is 0 Å². The van der Waals surface area contributed by atoms with Gasteiger partial charge >= 0.3 is 0 Å². The number of aryl methyl sites for hydroxylation is 2. The molecule has 0 bridgehead atoms. The van der Waals surface area contributed by atoms with Gasteiger partial charge in [0.1, 0.15) is 11.5 Å². The first-order valence-electron chi connectivity index (χ1n) is 8.02. The van der Waals surface area contributed by atoms with E-state index in [2.05, 4.69) is 24.7 Å². The van der Waals surface area contributed by atoms with Gasteiger partial charge < -0.3 is 14.6 Å². The van der Waals surface area contributed by atoms with Crippen molar-refractivity contribution in [2.75, 3.05) is 6.79 Å². The summed E-state index contributed by atoms with van der Waals surface area (Å²) in [4.78, 5) is 10.2. The number of phenolic OH excluding ortho intramolecular Hbond substituents is 1. The predicted octanol–water partition coefficient (Wildman–Crippen LogP) is 4.23. The normalized spacial score (nSPS) is 10.7. The van der Waals surface area contributed by atoms with Crippen molar-refractivity contribution in [3.05, 3.63) is 58.1 Å². The van der Waals surface area contributed by atoms with Gasteiger partial charge in [0.05, 0.1) is 0 Å². The van der Waals surface area contributed by atoms with E-state index in [1.54, 1.807) is 6.07 Å². The van der Waals surface area contributed by atoms with Crippen molar-refractivity contribution < 1.29 is 19.4 Å². The van der Waals surface area contributed by atoms with Crippen molar-refractivity contribution in [2.24, 2.45) is 0 Å². The van der Waals surface area contributed by atoms with Crippen LogP contribution in [0.2, 0.25) is 0 Å². The molecule has 0 fully saturated rings. The van der Waals surface area contributed by atoms with Gasteiger partial charge in [-0.05, 0) is 72.2 Å². The molecule has 0 atom stereocenters. The lowest BCUT2D eigenvalue weighted by atomic mass is 9.93. The number of aromatic hydroxyl groups is 1. The van der Waals surface area contributed by atoms with Crippen LogP contribution in [0.1, 0.15) is 47.6 Å². The van der Waals surface area contributed by atoms with Crippen molar-refractivity contribution in [2.45, 2.75) is 40.0 Å². The van der Waals surface area contributed by atoms with Crippen molar-refractivity contribution >= 4 is 6.47 Å². The van der Waals surface area contributed by atoms with Crippen LogP contribution in [-0.4, -0.2) is 18.4 Å². The summed E-state index contributed by atoms with van der Waals surface area (Å²) in [5.41, 5.74) is 5.61. The number of hydrogen-bond acceptors (Lipinski definition) is 4. The first kappa shape index (κ1) is 17.9. The largest absolute Gasteiger partial charge is 0.508 e. The zero-order valence-electron chi connectivity index (χ0n) is 14.6. The summed E-state index contributed by atoms with van der Waals surface area (Å²) in [6, 6.07) is 9.69. The third-order valence-electron chi connectivity index (χ3n) is 4.13. The van der Waals surface area contributed by atoms with Gasteiger partial charge in [-0.3, -0.25) is 4.79 Å². The maximum atomic E-state index is 10.2. The zero-order chi connectivity index (χ0) is 17.7. The number of ether oxygens (including phenoxy) is 2. The first-order chi connectivity index (χ1) is 11.4. The van der Waals surface area contributed by atoms with E-state index >= 15 is 0 Å². The molecule has 0 amide bonds. The Kier molecular flexibility index (Phi) is 5.85. The highest BCUT2D eigenvalue weighted by Gasteiger charge is 2.11. The third kappa shape index (κ3) is 4.28. The van der Waals surface area contributed by atoms with E-state index in [0.717, 1.165) is 23.1 Å². The Morgan fingerprint density at radius 3 is 2.38 bits per heavy atom. The lowest BCUT2D eigenvalue weighted by Gasteiger charge is -2.15. The molecule has 0 saturated carbocycles.